The number of hydrogen-bond donors (Lipinski definition) is 1. The monoisotopic (exact) mass is 559 g/mol. The number of aromatic nitrogens is 1. The summed E-state index contributed by atoms with van der Waals surface area (Å²) in [7, 11) is 1.39. The zero-order chi connectivity index (χ0) is 27.2. The van der Waals surface area contributed by atoms with E-state index in [9.17, 15) is 14.9 Å². The first-order valence-electron chi connectivity index (χ1n) is 13.7. The van der Waals surface area contributed by atoms with Gasteiger partial charge in [-0.1, -0.05) is 43.2 Å². The number of carbonyl (C=O) groups excluding carboxylic acids is 2. The van der Waals surface area contributed by atoms with Crippen LogP contribution in [-0.4, -0.2) is 29.7 Å². The number of pyridine rings is 1. The lowest BCUT2D eigenvalue weighted by molar-refractivity contribution is -0.115. The molecule has 0 saturated heterocycles. The first-order valence-corrected chi connectivity index (χ1v) is 15.5. The average Bonchev–Trinajstić information content (AvgIpc) is 3.27. The van der Waals surface area contributed by atoms with Gasteiger partial charge in [0, 0.05) is 22.7 Å². The quantitative estimate of drug-likeness (QED) is 0.251. The molecule has 6 nitrogen and oxygen atoms in total. The zero-order valence-electron chi connectivity index (χ0n) is 22.3. The maximum Gasteiger partial charge on any atom is 0.341 e. The Balaban J connectivity index is 1.23. The number of nitrogens with one attached hydrogen (secondary N) is 1. The predicted octanol–water partition coefficient (Wildman–Crippen LogP) is 6.85. The highest BCUT2D eigenvalue weighted by molar-refractivity contribution is 7.99. The maximum atomic E-state index is 12.9. The maximum absolute atomic E-state index is 12.9. The van der Waals surface area contributed by atoms with E-state index in [-0.39, 0.29) is 18.3 Å². The van der Waals surface area contributed by atoms with Crippen LogP contribution in [0.3, 0.4) is 0 Å². The second kappa shape index (κ2) is 12.8. The summed E-state index contributed by atoms with van der Waals surface area (Å²) in [5.41, 5.74) is 5.68. The van der Waals surface area contributed by atoms with Crippen LogP contribution in [0.25, 0.3) is 0 Å². The molecular formula is C31H33N3O3S2. The van der Waals surface area contributed by atoms with Crippen LogP contribution in [0.5, 0.6) is 0 Å². The number of carbonyl (C=O) groups is 2. The molecule has 0 radical (unpaired) electrons. The second-order valence-electron chi connectivity index (χ2n) is 10.2. The average molecular weight is 560 g/mol. The molecule has 39 heavy (non-hydrogen) atoms. The van der Waals surface area contributed by atoms with Crippen LogP contribution in [0.1, 0.15) is 87.6 Å². The van der Waals surface area contributed by atoms with Crippen LogP contribution in [0.15, 0.2) is 41.4 Å². The van der Waals surface area contributed by atoms with Gasteiger partial charge in [0.2, 0.25) is 5.91 Å². The second-order valence-corrected chi connectivity index (χ2v) is 12.4. The van der Waals surface area contributed by atoms with Gasteiger partial charge >= 0.3 is 5.97 Å². The third kappa shape index (κ3) is 6.37. The summed E-state index contributed by atoms with van der Waals surface area (Å²) in [5, 5.41) is 14.1. The van der Waals surface area contributed by atoms with E-state index in [4.69, 9.17) is 9.72 Å². The third-order valence-corrected chi connectivity index (χ3v) is 9.83. The fourth-order valence-electron chi connectivity index (χ4n) is 5.60. The van der Waals surface area contributed by atoms with Crippen molar-refractivity contribution in [2.45, 2.75) is 75.2 Å². The minimum Gasteiger partial charge on any atom is -0.465 e. The standard InChI is InChI=1S/C31H33N3O3S2/c1-37-31(36)28-24-11-7-2-3-8-12-26(24)39-30(28)34-27(35)15-16-38-29-23(19-32)18-22-17-21(13-14-25(22)33-29)20-9-5-4-6-10-20/h4-6,9-10,18,21H,2-3,7-8,11-17H2,1H3,(H,34,35). The lowest BCUT2D eigenvalue weighted by Gasteiger charge is -2.25. The number of fused-ring (bicyclic) bond motifs is 2. The Bertz CT molecular complexity index is 1390. The van der Waals surface area contributed by atoms with Gasteiger partial charge in [0.15, 0.2) is 0 Å². The molecule has 3 aromatic rings. The molecule has 8 heteroatoms. The Hall–Kier alpha value is -3.15. The van der Waals surface area contributed by atoms with E-state index in [0.29, 0.717) is 32.8 Å². The van der Waals surface area contributed by atoms with E-state index in [1.165, 1.54) is 47.1 Å². The van der Waals surface area contributed by atoms with Crippen LogP contribution < -0.4 is 5.32 Å². The van der Waals surface area contributed by atoms with E-state index < -0.39 is 0 Å². The largest absolute Gasteiger partial charge is 0.465 e. The van der Waals surface area contributed by atoms with Gasteiger partial charge in [0.1, 0.15) is 16.1 Å². The molecule has 2 aliphatic rings. The van der Waals surface area contributed by atoms with E-state index in [1.54, 1.807) is 0 Å². The predicted molar refractivity (Wildman–Crippen MR) is 156 cm³/mol. The third-order valence-electron chi connectivity index (χ3n) is 7.63. The highest BCUT2D eigenvalue weighted by Crippen LogP contribution is 2.38. The van der Waals surface area contributed by atoms with Crippen molar-refractivity contribution >= 4 is 40.0 Å². The number of nitrogens with zero attached hydrogens (tertiary/aromatic N) is 2. The van der Waals surface area contributed by atoms with Gasteiger partial charge in [-0.2, -0.15) is 5.26 Å². The van der Waals surface area contributed by atoms with Crippen molar-refractivity contribution < 1.29 is 14.3 Å². The van der Waals surface area contributed by atoms with E-state index in [2.05, 4.69) is 35.7 Å². The lowest BCUT2D eigenvalue weighted by atomic mass is 9.82. The summed E-state index contributed by atoms with van der Waals surface area (Å²) in [4.78, 5) is 31.6. The smallest absolute Gasteiger partial charge is 0.341 e. The van der Waals surface area contributed by atoms with Gasteiger partial charge in [-0.25, -0.2) is 9.78 Å². The molecule has 202 valence electrons. The summed E-state index contributed by atoms with van der Waals surface area (Å²) < 4.78 is 5.07. The van der Waals surface area contributed by atoms with Crippen molar-refractivity contribution in [1.29, 1.82) is 5.26 Å². The number of amides is 1. The zero-order valence-corrected chi connectivity index (χ0v) is 23.9. The molecule has 2 aliphatic carbocycles. The Morgan fingerprint density at radius 1 is 1.15 bits per heavy atom. The van der Waals surface area contributed by atoms with Gasteiger partial charge in [0.25, 0.3) is 0 Å². The van der Waals surface area contributed by atoms with Crippen molar-refractivity contribution in [3.63, 3.8) is 0 Å². The number of rotatable bonds is 7. The van der Waals surface area contributed by atoms with Gasteiger partial charge < -0.3 is 10.1 Å². The minimum atomic E-state index is -0.385. The number of hydrogen-bond acceptors (Lipinski definition) is 7. The molecule has 0 aliphatic heterocycles. The molecule has 0 saturated carbocycles. The molecule has 1 atom stereocenters. The number of benzene rings is 1. The molecule has 2 heterocycles. The number of ether oxygens (including phenoxy) is 1. The van der Waals surface area contributed by atoms with E-state index >= 15 is 0 Å². The Labute approximate surface area is 238 Å². The van der Waals surface area contributed by atoms with Crippen molar-refractivity contribution in [3.05, 3.63) is 74.8 Å². The van der Waals surface area contributed by atoms with Crippen molar-refractivity contribution in [3.8, 4) is 6.07 Å². The minimum absolute atomic E-state index is 0.149. The first kappa shape index (κ1) is 27.4. The van der Waals surface area contributed by atoms with Gasteiger partial charge in [-0.15, -0.1) is 23.1 Å². The fourth-order valence-corrected chi connectivity index (χ4v) is 7.81. The Morgan fingerprint density at radius 3 is 2.72 bits per heavy atom. The summed E-state index contributed by atoms with van der Waals surface area (Å²) in [6.07, 6.45) is 9.33. The molecule has 0 bridgehead atoms. The van der Waals surface area contributed by atoms with Crippen LogP contribution >= 0.6 is 23.1 Å². The van der Waals surface area contributed by atoms with Crippen molar-refractivity contribution in [2.24, 2.45) is 0 Å². The number of methoxy groups -OCH3 is 1. The molecule has 5 rings (SSSR count). The van der Waals surface area contributed by atoms with Crippen LogP contribution in [0.2, 0.25) is 0 Å². The molecule has 1 aromatic carbocycles. The lowest BCUT2D eigenvalue weighted by Crippen LogP contribution is -2.16. The van der Waals surface area contributed by atoms with Gasteiger partial charge in [-0.05, 0) is 73.6 Å². The molecule has 1 unspecified atom stereocenters. The number of nitriles is 1. The molecule has 1 amide bonds. The normalized spacial score (nSPS) is 16.7. The Kier molecular flexibility index (Phi) is 9.00. The molecular weight excluding hydrogens is 526 g/mol. The van der Waals surface area contributed by atoms with Gasteiger partial charge in [-0.3, -0.25) is 4.79 Å². The SMILES string of the molecule is COC(=O)c1c(NC(=O)CCSc2nc3c(cc2C#N)CC(c2ccccc2)CC3)sc2c1CCCCCC2. The molecule has 0 fully saturated rings. The fraction of sp³-hybridized carbons (Fsp3) is 0.419. The molecule has 2 aromatic heterocycles. The number of thiophene rings is 1. The van der Waals surface area contributed by atoms with E-state index in [0.717, 1.165) is 68.2 Å². The summed E-state index contributed by atoms with van der Waals surface area (Å²) in [5.74, 6) is 0.409. The number of aryl methyl sites for hydroxylation is 2. The topological polar surface area (TPSA) is 92.1 Å². The highest BCUT2D eigenvalue weighted by Gasteiger charge is 2.26. The molecule has 1 N–H and O–H groups in total. The molecule has 0 spiro atoms. The summed E-state index contributed by atoms with van der Waals surface area (Å²) in [6.45, 7) is 0. The number of anilines is 1. The van der Waals surface area contributed by atoms with Crippen LogP contribution in [0.4, 0.5) is 5.00 Å². The first-order chi connectivity index (χ1) is 19.1. The van der Waals surface area contributed by atoms with Gasteiger partial charge in [0.05, 0.1) is 18.2 Å². The van der Waals surface area contributed by atoms with Crippen LogP contribution in [0, 0.1) is 11.3 Å². The highest BCUT2D eigenvalue weighted by atomic mass is 32.2. The van der Waals surface area contributed by atoms with E-state index in [1.807, 2.05) is 12.1 Å². The Morgan fingerprint density at radius 2 is 1.95 bits per heavy atom. The summed E-state index contributed by atoms with van der Waals surface area (Å²) >= 11 is 2.96. The number of esters is 1. The summed E-state index contributed by atoms with van der Waals surface area (Å²) in [6, 6.07) is 14.8. The van der Waals surface area contributed by atoms with Crippen molar-refractivity contribution in [2.75, 3.05) is 18.2 Å². The van der Waals surface area contributed by atoms with Crippen LogP contribution in [-0.2, 0) is 35.2 Å². The van der Waals surface area contributed by atoms with Crippen molar-refractivity contribution in [1.82, 2.24) is 4.98 Å². The number of thioether (sulfide) groups is 1.